The van der Waals surface area contributed by atoms with Crippen LogP contribution in [0.1, 0.15) is 12.8 Å². The van der Waals surface area contributed by atoms with Crippen molar-refractivity contribution in [3.05, 3.63) is 17.5 Å². The lowest BCUT2D eigenvalue weighted by molar-refractivity contribution is 0.109. The molecule has 82 valence electrons. The summed E-state index contributed by atoms with van der Waals surface area (Å²) in [6, 6.07) is 0. The molecule has 5 heteroatoms. The van der Waals surface area contributed by atoms with Crippen molar-refractivity contribution >= 4 is 11.6 Å². The molecule has 0 saturated carbocycles. The van der Waals surface area contributed by atoms with Crippen molar-refractivity contribution < 1.29 is 4.74 Å². The van der Waals surface area contributed by atoms with Crippen LogP contribution in [-0.2, 0) is 0 Å². The standard InChI is InChI=1S/C10H14ClN3O/c1-14-4-2-8(3-5-14)15-10-7-12-6-9(11)13-10/h6-8H,2-5H2,1H3. The molecule has 1 aliphatic heterocycles. The Hall–Kier alpha value is -0.870. The fourth-order valence-corrected chi connectivity index (χ4v) is 1.80. The molecule has 15 heavy (non-hydrogen) atoms. The molecule has 2 heterocycles. The Kier molecular flexibility index (Phi) is 3.38. The quantitative estimate of drug-likeness (QED) is 0.770. The molecule has 0 N–H and O–H groups in total. The molecule has 2 rings (SSSR count). The van der Waals surface area contributed by atoms with Gasteiger partial charge in [-0.25, -0.2) is 0 Å². The largest absolute Gasteiger partial charge is 0.473 e. The summed E-state index contributed by atoms with van der Waals surface area (Å²) in [4.78, 5) is 10.3. The Bertz CT molecular complexity index is 326. The van der Waals surface area contributed by atoms with Crippen LogP contribution < -0.4 is 4.74 Å². The Morgan fingerprint density at radius 1 is 1.40 bits per heavy atom. The maximum absolute atomic E-state index is 5.72. The number of ether oxygens (including phenoxy) is 1. The van der Waals surface area contributed by atoms with Crippen molar-refractivity contribution in [1.82, 2.24) is 14.9 Å². The zero-order valence-corrected chi connectivity index (χ0v) is 9.44. The second-order valence-electron chi connectivity index (χ2n) is 3.80. The van der Waals surface area contributed by atoms with Gasteiger partial charge in [0, 0.05) is 13.1 Å². The first-order chi connectivity index (χ1) is 7.24. The maximum Gasteiger partial charge on any atom is 0.234 e. The van der Waals surface area contributed by atoms with Crippen LogP contribution in [0.25, 0.3) is 0 Å². The van der Waals surface area contributed by atoms with Crippen molar-refractivity contribution in [1.29, 1.82) is 0 Å². The van der Waals surface area contributed by atoms with E-state index in [9.17, 15) is 0 Å². The third kappa shape index (κ3) is 3.04. The van der Waals surface area contributed by atoms with Crippen molar-refractivity contribution in [2.75, 3.05) is 20.1 Å². The highest BCUT2D eigenvalue weighted by molar-refractivity contribution is 6.29. The maximum atomic E-state index is 5.72. The number of hydrogen-bond acceptors (Lipinski definition) is 4. The van der Waals surface area contributed by atoms with Crippen molar-refractivity contribution in [2.24, 2.45) is 0 Å². The van der Waals surface area contributed by atoms with Crippen LogP contribution >= 0.6 is 11.6 Å². The zero-order valence-electron chi connectivity index (χ0n) is 8.69. The van der Waals surface area contributed by atoms with Gasteiger partial charge in [0.05, 0.1) is 12.4 Å². The molecule has 0 spiro atoms. The summed E-state index contributed by atoms with van der Waals surface area (Å²) in [5, 5.41) is 0.375. The Morgan fingerprint density at radius 2 is 2.13 bits per heavy atom. The minimum atomic E-state index is 0.244. The van der Waals surface area contributed by atoms with E-state index in [-0.39, 0.29) is 6.10 Å². The second-order valence-corrected chi connectivity index (χ2v) is 4.19. The van der Waals surface area contributed by atoms with E-state index in [4.69, 9.17) is 16.3 Å². The molecular weight excluding hydrogens is 214 g/mol. The van der Waals surface area contributed by atoms with Crippen molar-refractivity contribution in [3.63, 3.8) is 0 Å². The average Bonchev–Trinajstić information content (AvgIpc) is 2.22. The highest BCUT2D eigenvalue weighted by Crippen LogP contribution is 2.16. The third-order valence-corrected chi connectivity index (χ3v) is 2.72. The van der Waals surface area contributed by atoms with E-state index in [0.29, 0.717) is 11.0 Å². The molecule has 1 saturated heterocycles. The molecule has 1 fully saturated rings. The van der Waals surface area contributed by atoms with Gasteiger partial charge >= 0.3 is 0 Å². The molecular formula is C10H14ClN3O. The summed E-state index contributed by atoms with van der Waals surface area (Å²) >= 11 is 5.72. The first-order valence-electron chi connectivity index (χ1n) is 5.07. The molecule has 1 aromatic rings. The summed E-state index contributed by atoms with van der Waals surface area (Å²) in [5.74, 6) is 0.525. The number of piperidine rings is 1. The van der Waals surface area contributed by atoms with Crippen LogP contribution in [0.2, 0.25) is 5.15 Å². The summed E-state index contributed by atoms with van der Waals surface area (Å²) in [6.07, 6.45) is 5.41. The highest BCUT2D eigenvalue weighted by Gasteiger charge is 2.18. The second kappa shape index (κ2) is 4.77. The predicted molar refractivity (Wildman–Crippen MR) is 58.2 cm³/mol. The van der Waals surface area contributed by atoms with E-state index >= 15 is 0 Å². The molecule has 0 aliphatic carbocycles. The topological polar surface area (TPSA) is 38.2 Å². The predicted octanol–water partition coefficient (Wildman–Crippen LogP) is 1.60. The summed E-state index contributed by atoms with van der Waals surface area (Å²) in [6.45, 7) is 2.14. The van der Waals surface area contributed by atoms with Gasteiger partial charge in [-0.1, -0.05) is 11.6 Å². The number of nitrogens with zero attached hydrogens (tertiary/aromatic N) is 3. The lowest BCUT2D eigenvalue weighted by Gasteiger charge is -2.28. The Balaban J connectivity index is 1.92. The first-order valence-corrected chi connectivity index (χ1v) is 5.44. The summed E-state index contributed by atoms with van der Waals surface area (Å²) in [5.41, 5.74) is 0. The van der Waals surface area contributed by atoms with Gasteiger partial charge in [-0.3, -0.25) is 4.98 Å². The highest BCUT2D eigenvalue weighted by atomic mass is 35.5. The SMILES string of the molecule is CN1CCC(Oc2cncc(Cl)n2)CC1. The van der Waals surface area contributed by atoms with Gasteiger partial charge in [0.1, 0.15) is 6.10 Å². The van der Waals surface area contributed by atoms with Crippen LogP contribution in [0.4, 0.5) is 0 Å². The Morgan fingerprint density at radius 3 is 2.80 bits per heavy atom. The van der Waals surface area contributed by atoms with E-state index in [2.05, 4.69) is 21.9 Å². The van der Waals surface area contributed by atoms with E-state index < -0.39 is 0 Å². The smallest absolute Gasteiger partial charge is 0.234 e. The normalized spacial score (nSPS) is 19.1. The fourth-order valence-electron chi connectivity index (χ4n) is 1.66. The van der Waals surface area contributed by atoms with Gasteiger partial charge in [0.25, 0.3) is 0 Å². The molecule has 0 amide bonds. The number of hydrogen-bond donors (Lipinski definition) is 0. The molecule has 4 nitrogen and oxygen atoms in total. The van der Waals surface area contributed by atoms with Gasteiger partial charge < -0.3 is 9.64 Å². The van der Waals surface area contributed by atoms with Gasteiger partial charge in [0.15, 0.2) is 5.15 Å². The minimum Gasteiger partial charge on any atom is -0.473 e. The molecule has 0 unspecified atom stereocenters. The van der Waals surface area contributed by atoms with Gasteiger partial charge in [-0.2, -0.15) is 4.98 Å². The van der Waals surface area contributed by atoms with Gasteiger partial charge in [-0.05, 0) is 19.9 Å². The molecule has 0 radical (unpaired) electrons. The van der Waals surface area contributed by atoms with Gasteiger partial charge in [-0.15, -0.1) is 0 Å². The monoisotopic (exact) mass is 227 g/mol. The number of aromatic nitrogens is 2. The molecule has 1 aromatic heterocycles. The molecule has 0 bridgehead atoms. The van der Waals surface area contributed by atoms with Crippen LogP contribution in [0.3, 0.4) is 0 Å². The lowest BCUT2D eigenvalue weighted by atomic mass is 10.1. The number of rotatable bonds is 2. The zero-order chi connectivity index (χ0) is 10.7. The van der Waals surface area contributed by atoms with Crippen LogP contribution in [-0.4, -0.2) is 41.1 Å². The van der Waals surface area contributed by atoms with Gasteiger partial charge in [0.2, 0.25) is 5.88 Å². The molecule has 1 aliphatic rings. The van der Waals surface area contributed by atoms with Crippen molar-refractivity contribution in [3.8, 4) is 5.88 Å². The number of halogens is 1. The molecule has 0 atom stereocenters. The Labute approximate surface area is 94.2 Å². The van der Waals surface area contributed by atoms with E-state index in [1.807, 2.05) is 0 Å². The minimum absolute atomic E-state index is 0.244. The van der Waals surface area contributed by atoms with E-state index in [1.165, 1.54) is 6.20 Å². The first kappa shape index (κ1) is 10.6. The van der Waals surface area contributed by atoms with Crippen molar-refractivity contribution in [2.45, 2.75) is 18.9 Å². The summed E-state index contributed by atoms with van der Waals surface area (Å²) < 4.78 is 5.70. The van der Waals surface area contributed by atoms with Crippen LogP contribution in [0.15, 0.2) is 12.4 Å². The average molecular weight is 228 g/mol. The van der Waals surface area contributed by atoms with E-state index in [0.717, 1.165) is 25.9 Å². The van der Waals surface area contributed by atoms with Crippen LogP contribution in [0, 0.1) is 0 Å². The summed E-state index contributed by atoms with van der Waals surface area (Å²) in [7, 11) is 2.12. The molecule has 0 aromatic carbocycles. The fraction of sp³-hybridized carbons (Fsp3) is 0.600. The van der Waals surface area contributed by atoms with E-state index in [1.54, 1.807) is 6.20 Å². The number of likely N-dealkylation sites (tertiary alicyclic amines) is 1. The van der Waals surface area contributed by atoms with Crippen LogP contribution in [0.5, 0.6) is 5.88 Å². The third-order valence-electron chi connectivity index (χ3n) is 2.54. The lowest BCUT2D eigenvalue weighted by Crippen LogP contribution is -2.35.